The number of ether oxygens (including phenoxy) is 1. The van der Waals surface area contributed by atoms with Gasteiger partial charge in [-0.1, -0.05) is 18.2 Å². The molecule has 0 saturated carbocycles. The minimum absolute atomic E-state index is 0.0661. The molecule has 0 bridgehead atoms. The van der Waals surface area contributed by atoms with Crippen LogP contribution in [0.5, 0.6) is 0 Å². The van der Waals surface area contributed by atoms with Gasteiger partial charge in [0.2, 0.25) is 0 Å². The number of urea groups is 1. The number of hydrogen-bond acceptors (Lipinski definition) is 3. The van der Waals surface area contributed by atoms with Crippen LogP contribution >= 0.6 is 0 Å². The highest BCUT2D eigenvalue weighted by Crippen LogP contribution is 2.46. The summed E-state index contributed by atoms with van der Waals surface area (Å²) in [7, 11) is 1.97. The van der Waals surface area contributed by atoms with Gasteiger partial charge in [0.15, 0.2) is 0 Å². The molecule has 0 N–H and O–H groups in total. The maximum absolute atomic E-state index is 12.9. The van der Waals surface area contributed by atoms with E-state index in [2.05, 4.69) is 18.2 Å². The molecule has 3 aliphatic rings. The topological polar surface area (TPSA) is 36.0 Å². The van der Waals surface area contributed by atoms with Gasteiger partial charge >= 0.3 is 6.03 Å². The fourth-order valence-electron chi connectivity index (χ4n) is 3.80. The van der Waals surface area contributed by atoms with Gasteiger partial charge in [0.25, 0.3) is 0 Å². The molecule has 1 aromatic carbocycles. The smallest absolute Gasteiger partial charge is 0.330 e. The number of nitrogens with zero attached hydrogens (tertiary/aromatic N) is 3. The standard InChI is InChI=1S/C17H21N3O2/c1-18-8-9-19(13-18)16(21)20-12-17(6-10-22-11-7-17)14-4-2-3-5-15(14)20/h2-5,8-9H,6-7,10-13H2,1H3. The predicted octanol–water partition coefficient (Wildman–Crippen LogP) is 2.35. The first-order valence-corrected chi connectivity index (χ1v) is 7.84. The van der Waals surface area contributed by atoms with Gasteiger partial charge in [-0.05, 0) is 24.5 Å². The van der Waals surface area contributed by atoms with Crippen molar-refractivity contribution >= 4 is 11.7 Å². The Labute approximate surface area is 130 Å². The van der Waals surface area contributed by atoms with Gasteiger partial charge in [-0.3, -0.25) is 9.80 Å². The zero-order valence-corrected chi connectivity index (χ0v) is 12.9. The summed E-state index contributed by atoms with van der Waals surface area (Å²) in [5.74, 6) is 0. The van der Waals surface area contributed by atoms with Crippen LogP contribution in [-0.2, 0) is 10.2 Å². The van der Waals surface area contributed by atoms with Crippen LogP contribution in [0.25, 0.3) is 0 Å². The van der Waals surface area contributed by atoms with Gasteiger partial charge in [0.1, 0.15) is 0 Å². The molecule has 4 rings (SSSR count). The second-order valence-electron chi connectivity index (χ2n) is 6.44. The number of rotatable bonds is 0. The average Bonchev–Trinajstić information content (AvgIpc) is 3.11. The van der Waals surface area contributed by atoms with Crippen LogP contribution in [0, 0.1) is 0 Å². The molecule has 1 fully saturated rings. The highest BCUT2D eigenvalue weighted by Gasteiger charge is 2.46. The predicted molar refractivity (Wildman–Crippen MR) is 84.5 cm³/mol. The molecule has 0 unspecified atom stereocenters. The average molecular weight is 299 g/mol. The number of fused-ring (bicyclic) bond motifs is 2. The second kappa shape index (κ2) is 5.02. The summed E-state index contributed by atoms with van der Waals surface area (Å²) >= 11 is 0. The summed E-state index contributed by atoms with van der Waals surface area (Å²) in [6.45, 7) is 2.95. The number of para-hydroxylation sites is 1. The molecule has 1 aromatic rings. The first kappa shape index (κ1) is 13.6. The number of anilines is 1. The summed E-state index contributed by atoms with van der Waals surface area (Å²) in [5, 5.41) is 0. The Morgan fingerprint density at radius 1 is 1.18 bits per heavy atom. The SMILES string of the molecule is CN1C=CN(C(=O)N2CC3(CCOCC3)c3ccccc32)C1. The molecular weight excluding hydrogens is 278 g/mol. The van der Waals surface area contributed by atoms with E-state index in [0.717, 1.165) is 38.3 Å². The lowest BCUT2D eigenvalue weighted by Gasteiger charge is -2.34. The van der Waals surface area contributed by atoms with Gasteiger partial charge in [-0.15, -0.1) is 0 Å². The minimum Gasteiger partial charge on any atom is -0.381 e. The highest BCUT2D eigenvalue weighted by atomic mass is 16.5. The third-order valence-electron chi connectivity index (χ3n) is 5.03. The number of carbonyl (C=O) groups excluding carboxylic acids is 1. The lowest BCUT2D eigenvalue weighted by Crippen LogP contribution is -2.45. The van der Waals surface area contributed by atoms with Crippen LogP contribution in [0.2, 0.25) is 0 Å². The lowest BCUT2D eigenvalue weighted by atomic mass is 9.76. The second-order valence-corrected chi connectivity index (χ2v) is 6.44. The van der Waals surface area contributed by atoms with Gasteiger partial charge in [-0.25, -0.2) is 4.79 Å². The molecule has 3 heterocycles. The largest absolute Gasteiger partial charge is 0.381 e. The molecular formula is C17H21N3O2. The first-order valence-electron chi connectivity index (χ1n) is 7.84. The minimum atomic E-state index is 0.0661. The van der Waals surface area contributed by atoms with Crippen LogP contribution in [0.4, 0.5) is 10.5 Å². The molecule has 0 atom stereocenters. The fourth-order valence-corrected chi connectivity index (χ4v) is 3.80. The van der Waals surface area contributed by atoms with Crippen molar-refractivity contribution < 1.29 is 9.53 Å². The zero-order chi connectivity index (χ0) is 15.2. The molecule has 5 nitrogen and oxygen atoms in total. The van der Waals surface area contributed by atoms with Gasteiger partial charge in [-0.2, -0.15) is 0 Å². The Morgan fingerprint density at radius 3 is 2.68 bits per heavy atom. The molecule has 0 aromatic heterocycles. The van der Waals surface area contributed by atoms with Crippen molar-refractivity contribution in [1.29, 1.82) is 0 Å². The number of amides is 2. The monoisotopic (exact) mass is 299 g/mol. The van der Waals surface area contributed by atoms with E-state index in [-0.39, 0.29) is 11.4 Å². The summed E-state index contributed by atoms with van der Waals surface area (Å²) in [6.07, 6.45) is 5.77. The molecule has 22 heavy (non-hydrogen) atoms. The molecule has 2 amide bonds. The van der Waals surface area contributed by atoms with Crippen LogP contribution in [0.15, 0.2) is 36.7 Å². The fraction of sp³-hybridized carbons (Fsp3) is 0.471. The van der Waals surface area contributed by atoms with E-state index in [1.807, 2.05) is 35.3 Å². The van der Waals surface area contributed by atoms with Gasteiger partial charge in [0.05, 0.1) is 6.67 Å². The highest BCUT2D eigenvalue weighted by molar-refractivity contribution is 5.95. The van der Waals surface area contributed by atoms with Crippen molar-refractivity contribution in [3.63, 3.8) is 0 Å². The summed E-state index contributed by atoms with van der Waals surface area (Å²) in [4.78, 5) is 18.7. The van der Waals surface area contributed by atoms with Crippen molar-refractivity contribution in [2.45, 2.75) is 18.3 Å². The van der Waals surface area contributed by atoms with Crippen molar-refractivity contribution in [2.75, 3.05) is 38.4 Å². The summed E-state index contributed by atoms with van der Waals surface area (Å²) < 4.78 is 5.55. The van der Waals surface area contributed by atoms with Crippen LogP contribution < -0.4 is 4.90 Å². The quantitative estimate of drug-likeness (QED) is 0.738. The maximum atomic E-state index is 12.9. The third kappa shape index (κ3) is 2.00. The van der Waals surface area contributed by atoms with Crippen molar-refractivity contribution in [1.82, 2.24) is 9.80 Å². The van der Waals surface area contributed by atoms with E-state index in [1.165, 1.54) is 5.56 Å². The molecule has 5 heteroatoms. The number of carbonyl (C=O) groups is 1. The van der Waals surface area contributed by atoms with Crippen molar-refractivity contribution in [3.05, 3.63) is 42.2 Å². The van der Waals surface area contributed by atoms with Crippen molar-refractivity contribution in [2.24, 2.45) is 0 Å². The van der Waals surface area contributed by atoms with Crippen molar-refractivity contribution in [3.8, 4) is 0 Å². The van der Waals surface area contributed by atoms with Crippen LogP contribution in [0.3, 0.4) is 0 Å². The molecule has 3 aliphatic heterocycles. The zero-order valence-electron chi connectivity index (χ0n) is 12.9. The Kier molecular flexibility index (Phi) is 3.11. The summed E-state index contributed by atoms with van der Waals surface area (Å²) in [5.41, 5.74) is 2.44. The molecule has 1 saturated heterocycles. The molecule has 1 spiro atoms. The lowest BCUT2D eigenvalue weighted by molar-refractivity contribution is 0.0554. The van der Waals surface area contributed by atoms with E-state index in [9.17, 15) is 4.79 Å². The van der Waals surface area contributed by atoms with E-state index < -0.39 is 0 Å². The maximum Gasteiger partial charge on any atom is 0.330 e. The van der Waals surface area contributed by atoms with E-state index in [4.69, 9.17) is 4.74 Å². The van der Waals surface area contributed by atoms with E-state index >= 15 is 0 Å². The van der Waals surface area contributed by atoms with E-state index in [1.54, 1.807) is 4.90 Å². The van der Waals surface area contributed by atoms with Gasteiger partial charge < -0.3 is 9.64 Å². The Balaban J connectivity index is 1.67. The molecule has 116 valence electrons. The van der Waals surface area contributed by atoms with Crippen LogP contribution in [-0.4, -0.2) is 49.3 Å². The van der Waals surface area contributed by atoms with Crippen LogP contribution in [0.1, 0.15) is 18.4 Å². The molecule has 0 radical (unpaired) electrons. The Hall–Kier alpha value is -2.01. The summed E-state index contributed by atoms with van der Waals surface area (Å²) in [6, 6.07) is 8.41. The third-order valence-corrected chi connectivity index (χ3v) is 5.03. The van der Waals surface area contributed by atoms with E-state index in [0.29, 0.717) is 6.67 Å². The Bertz CT molecular complexity index is 622. The first-order chi connectivity index (χ1) is 10.7. The molecule has 0 aliphatic carbocycles. The number of hydrogen-bond donors (Lipinski definition) is 0. The van der Waals surface area contributed by atoms with Gasteiger partial charge in [0, 0.05) is 50.3 Å². The Morgan fingerprint density at radius 2 is 1.95 bits per heavy atom. The normalized spacial score (nSPS) is 22.5. The number of benzene rings is 1.